The maximum atomic E-state index is 6.06. The molecular formula is C18H20Cl2N2O. The molecule has 23 heavy (non-hydrogen) atoms. The lowest BCUT2D eigenvalue weighted by Gasteiger charge is -2.36. The highest BCUT2D eigenvalue weighted by Gasteiger charge is 2.32. The number of hydrogen-bond acceptors (Lipinski definition) is 3. The third-order valence-electron chi connectivity index (χ3n) is 4.44. The van der Waals surface area contributed by atoms with Gasteiger partial charge in [-0.05, 0) is 43.7 Å². The second-order valence-electron chi connectivity index (χ2n) is 5.95. The maximum Gasteiger partial charge on any atom is 0.213 e. The maximum absolute atomic E-state index is 6.06. The van der Waals surface area contributed by atoms with Gasteiger partial charge in [0.15, 0.2) is 0 Å². The topological polar surface area (TPSA) is 34.1 Å². The van der Waals surface area contributed by atoms with Crippen molar-refractivity contribution in [2.45, 2.75) is 25.4 Å². The van der Waals surface area contributed by atoms with E-state index >= 15 is 0 Å². The normalized spacial score (nSPS) is 22.6. The van der Waals surface area contributed by atoms with Crippen molar-refractivity contribution >= 4 is 23.2 Å². The summed E-state index contributed by atoms with van der Waals surface area (Å²) in [5, 5.41) is 4.87. The van der Waals surface area contributed by atoms with E-state index in [1.807, 2.05) is 18.2 Å². The van der Waals surface area contributed by atoms with Gasteiger partial charge in [-0.15, -0.1) is 0 Å². The molecule has 0 aliphatic carbocycles. The van der Waals surface area contributed by atoms with Gasteiger partial charge in [0.1, 0.15) is 6.10 Å². The van der Waals surface area contributed by atoms with Gasteiger partial charge in [0, 0.05) is 35.7 Å². The number of ether oxygens (including phenoxy) is 1. The molecule has 2 unspecified atom stereocenters. The van der Waals surface area contributed by atoms with E-state index in [4.69, 9.17) is 27.9 Å². The Morgan fingerprint density at radius 2 is 1.87 bits per heavy atom. The van der Waals surface area contributed by atoms with Crippen molar-refractivity contribution in [1.29, 1.82) is 0 Å². The Labute approximate surface area is 147 Å². The van der Waals surface area contributed by atoms with Gasteiger partial charge in [-0.3, -0.25) is 0 Å². The molecule has 1 N–H and O–H groups in total. The number of halogens is 2. The van der Waals surface area contributed by atoms with E-state index in [1.165, 1.54) is 5.56 Å². The molecule has 122 valence electrons. The Morgan fingerprint density at radius 3 is 2.57 bits per heavy atom. The molecule has 0 bridgehead atoms. The number of pyridine rings is 1. The van der Waals surface area contributed by atoms with Crippen LogP contribution in [0.5, 0.6) is 5.88 Å². The number of aromatic nitrogens is 1. The zero-order valence-corrected chi connectivity index (χ0v) is 14.5. The van der Waals surface area contributed by atoms with Crippen LogP contribution in [0.4, 0.5) is 0 Å². The Kier molecular flexibility index (Phi) is 5.42. The van der Waals surface area contributed by atoms with E-state index in [2.05, 4.69) is 29.4 Å². The lowest BCUT2D eigenvalue weighted by Crippen LogP contribution is -2.41. The molecule has 0 radical (unpaired) electrons. The van der Waals surface area contributed by atoms with Crippen LogP contribution in [0, 0.1) is 5.92 Å². The SMILES string of the molecule is C[C@@H](Oc1ccc(Cl)cn1)C1CCNCC1c1ccc(Cl)cc1. The average molecular weight is 351 g/mol. The fraction of sp³-hybridized carbons (Fsp3) is 0.389. The van der Waals surface area contributed by atoms with Crippen molar-refractivity contribution in [2.24, 2.45) is 5.92 Å². The van der Waals surface area contributed by atoms with Crippen LogP contribution in [0.2, 0.25) is 10.0 Å². The minimum atomic E-state index is 0.0754. The van der Waals surface area contributed by atoms with Crippen LogP contribution in [0.3, 0.4) is 0 Å². The highest BCUT2D eigenvalue weighted by atomic mass is 35.5. The predicted molar refractivity (Wildman–Crippen MR) is 94.5 cm³/mol. The number of piperidine rings is 1. The van der Waals surface area contributed by atoms with Crippen LogP contribution in [0.25, 0.3) is 0 Å². The lowest BCUT2D eigenvalue weighted by molar-refractivity contribution is 0.108. The summed E-state index contributed by atoms with van der Waals surface area (Å²) in [5.41, 5.74) is 1.30. The average Bonchev–Trinajstić information content (AvgIpc) is 2.58. The molecule has 5 heteroatoms. The zero-order valence-electron chi connectivity index (χ0n) is 13.0. The summed E-state index contributed by atoms with van der Waals surface area (Å²) in [4.78, 5) is 4.24. The largest absolute Gasteiger partial charge is 0.474 e. The fourth-order valence-corrected chi connectivity index (χ4v) is 3.46. The molecular weight excluding hydrogens is 331 g/mol. The van der Waals surface area contributed by atoms with Crippen molar-refractivity contribution in [2.75, 3.05) is 13.1 Å². The Hall–Kier alpha value is -1.29. The molecule has 0 spiro atoms. The summed E-state index contributed by atoms with van der Waals surface area (Å²) < 4.78 is 6.06. The molecule has 3 rings (SSSR count). The molecule has 2 heterocycles. The van der Waals surface area contributed by atoms with Crippen LogP contribution in [-0.4, -0.2) is 24.2 Å². The molecule has 0 amide bonds. The smallest absolute Gasteiger partial charge is 0.213 e. The van der Waals surface area contributed by atoms with Crippen molar-refractivity contribution in [3.8, 4) is 5.88 Å². The number of nitrogens with one attached hydrogen (secondary N) is 1. The number of benzene rings is 1. The Balaban J connectivity index is 1.74. The predicted octanol–water partition coefficient (Wildman–Crippen LogP) is 4.55. The minimum Gasteiger partial charge on any atom is -0.474 e. The van der Waals surface area contributed by atoms with Crippen molar-refractivity contribution in [3.63, 3.8) is 0 Å². The molecule has 2 aromatic rings. The van der Waals surface area contributed by atoms with Gasteiger partial charge >= 0.3 is 0 Å². The van der Waals surface area contributed by atoms with Gasteiger partial charge in [0.2, 0.25) is 5.88 Å². The summed E-state index contributed by atoms with van der Waals surface area (Å²) >= 11 is 11.9. The number of nitrogens with zero attached hydrogens (tertiary/aromatic N) is 1. The summed E-state index contributed by atoms with van der Waals surface area (Å²) in [7, 11) is 0. The summed E-state index contributed by atoms with van der Waals surface area (Å²) in [6.45, 7) is 4.08. The molecule has 1 aliphatic rings. The van der Waals surface area contributed by atoms with E-state index in [1.54, 1.807) is 12.3 Å². The zero-order chi connectivity index (χ0) is 16.2. The number of hydrogen-bond donors (Lipinski definition) is 1. The van der Waals surface area contributed by atoms with Crippen molar-refractivity contribution in [3.05, 3.63) is 58.2 Å². The van der Waals surface area contributed by atoms with Crippen LogP contribution in [0.1, 0.15) is 24.8 Å². The second kappa shape index (κ2) is 7.52. The van der Waals surface area contributed by atoms with E-state index in [0.717, 1.165) is 24.5 Å². The van der Waals surface area contributed by atoms with E-state index in [0.29, 0.717) is 22.7 Å². The summed E-state index contributed by atoms with van der Waals surface area (Å²) in [6, 6.07) is 11.7. The van der Waals surface area contributed by atoms with Gasteiger partial charge in [0.25, 0.3) is 0 Å². The van der Waals surface area contributed by atoms with Gasteiger partial charge in [-0.2, -0.15) is 0 Å². The van der Waals surface area contributed by atoms with E-state index in [9.17, 15) is 0 Å². The van der Waals surface area contributed by atoms with Gasteiger partial charge in [0.05, 0.1) is 5.02 Å². The minimum absolute atomic E-state index is 0.0754. The van der Waals surface area contributed by atoms with E-state index < -0.39 is 0 Å². The van der Waals surface area contributed by atoms with E-state index in [-0.39, 0.29) is 6.10 Å². The third-order valence-corrected chi connectivity index (χ3v) is 4.92. The van der Waals surface area contributed by atoms with Crippen LogP contribution >= 0.6 is 23.2 Å². The van der Waals surface area contributed by atoms with Gasteiger partial charge < -0.3 is 10.1 Å². The van der Waals surface area contributed by atoms with Crippen LogP contribution in [0.15, 0.2) is 42.6 Å². The monoisotopic (exact) mass is 350 g/mol. The van der Waals surface area contributed by atoms with Crippen molar-refractivity contribution < 1.29 is 4.74 Å². The molecule has 0 saturated carbocycles. The third kappa shape index (κ3) is 4.17. The molecule has 1 fully saturated rings. The molecule has 1 aromatic carbocycles. The summed E-state index contributed by atoms with van der Waals surface area (Å²) in [6.07, 6.45) is 2.76. The lowest BCUT2D eigenvalue weighted by atomic mass is 9.78. The van der Waals surface area contributed by atoms with Crippen LogP contribution in [-0.2, 0) is 0 Å². The first-order valence-corrected chi connectivity index (χ1v) is 8.63. The first-order chi connectivity index (χ1) is 11.1. The van der Waals surface area contributed by atoms with Crippen LogP contribution < -0.4 is 10.1 Å². The first-order valence-electron chi connectivity index (χ1n) is 7.88. The highest BCUT2D eigenvalue weighted by molar-refractivity contribution is 6.30. The Bertz CT molecular complexity index is 630. The highest BCUT2D eigenvalue weighted by Crippen LogP contribution is 2.33. The van der Waals surface area contributed by atoms with Crippen molar-refractivity contribution in [1.82, 2.24) is 10.3 Å². The molecule has 3 nitrogen and oxygen atoms in total. The molecule has 1 aromatic heterocycles. The first kappa shape index (κ1) is 16.6. The quantitative estimate of drug-likeness (QED) is 0.878. The fourth-order valence-electron chi connectivity index (χ4n) is 3.23. The van der Waals surface area contributed by atoms with Gasteiger partial charge in [-0.1, -0.05) is 35.3 Å². The Morgan fingerprint density at radius 1 is 1.13 bits per heavy atom. The second-order valence-corrected chi connectivity index (χ2v) is 6.83. The molecule has 1 saturated heterocycles. The molecule has 3 atom stereocenters. The number of rotatable bonds is 4. The molecule has 1 aliphatic heterocycles. The van der Waals surface area contributed by atoms with Gasteiger partial charge in [-0.25, -0.2) is 4.98 Å². The standard InChI is InChI=1S/C18H20Cl2N2O/c1-12(23-18-7-6-15(20)10-22-18)16-8-9-21-11-17(16)13-2-4-14(19)5-3-13/h2-7,10,12,16-17,21H,8-9,11H2,1H3/t12-,16?,17?/m1/s1. The summed E-state index contributed by atoms with van der Waals surface area (Å²) in [5.74, 6) is 1.45.